The Balaban J connectivity index is 0.00000480. The summed E-state index contributed by atoms with van der Waals surface area (Å²) in [5.74, 6) is 0. The molecule has 1 saturated heterocycles. The quantitative estimate of drug-likeness (QED) is 0.270. The number of rotatable bonds is 3. The van der Waals surface area contributed by atoms with E-state index in [2.05, 4.69) is 130 Å². The second-order valence-electron chi connectivity index (χ2n) is 14.6. The van der Waals surface area contributed by atoms with Gasteiger partial charge in [0.25, 0.3) is 0 Å². The molecule has 0 amide bonds. The van der Waals surface area contributed by atoms with E-state index < -0.39 is 24.1 Å². The summed E-state index contributed by atoms with van der Waals surface area (Å²) in [4.78, 5) is 0. The van der Waals surface area contributed by atoms with Crippen LogP contribution in [-0.2, 0) is 16.2 Å². The zero-order chi connectivity index (χ0) is 23.9. The van der Waals surface area contributed by atoms with Crippen LogP contribution >= 0.6 is 23.9 Å². The van der Waals surface area contributed by atoms with Crippen LogP contribution in [0.3, 0.4) is 0 Å². The van der Waals surface area contributed by atoms with Gasteiger partial charge in [-0.05, 0) is 37.7 Å². The molecule has 1 unspecified atom stereocenters. The molecule has 0 aliphatic carbocycles. The predicted molar refractivity (Wildman–Crippen MR) is 158 cm³/mol. The van der Waals surface area contributed by atoms with Gasteiger partial charge in [-0.2, -0.15) is 0 Å². The zero-order valence-corrected chi connectivity index (χ0v) is 28.1. The molecule has 1 aliphatic heterocycles. The average Bonchev–Trinajstić information content (AvgIpc) is 3.09. The van der Waals surface area contributed by atoms with E-state index in [0.29, 0.717) is 4.40 Å². The Labute approximate surface area is 218 Å². The summed E-state index contributed by atoms with van der Waals surface area (Å²) in [5, 5.41) is 1.75. The normalized spacial score (nSPS) is 20.5. The molecule has 5 heteroatoms. The fraction of sp³-hybridized carbons (Fsp3) is 0.731. The van der Waals surface area contributed by atoms with E-state index in [0.717, 1.165) is 0 Å². The smallest absolute Gasteiger partial charge is 0.0659 e. The van der Waals surface area contributed by atoms with Crippen molar-refractivity contribution in [1.29, 1.82) is 0 Å². The Morgan fingerprint density at radius 3 is 1.19 bits per heavy atom. The third kappa shape index (κ3) is 5.23. The van der Waals surface area contributed by atoms with Crippen molar-refractivity contribution in [2.24, 2.45) is 0 Å². The topological polar surface area (TPSA) is 0 Å². The molecule has 0 saturated carbocycles. The third-order valence-corrected chi connectivity index (χ3v) is 28.5. The maximum atomic E-state index is 4.27. The van der Waals surface area contributed by atoms with Crippen LogP contribution in [0.2, 0.25) is 39.3 Å². The molecule has 1 aromatic carbocycles. The Morgan fingerprint density at radius 2 is 1.00 bits per heavy atom. The summed E-state index contributed by atoms with van der Waals surface area (Å²) in [6.45, 7) is 37.4. The van der Waals surface area contributed by atoms with Crippen molar-refractivity contribution >= 4 is 64.2 Å². The van der Waals surface area contributed by atoms with Gasteiger partial charge in [0.1, 0.15) is 9.71 Å². The monoisotopic (exact) mass is 533 g/mol. The summed E-state index contributed by atoms with van der Waals surface area (Å²) in [7, 11) is -3.60. The fourth-order valence-corrected chi connectivity index (χ4v) is 35.2. The van der Waals surface area contributed by atoms with Crippen molar-refractivity contribution in [2.75, 3.05) is 0 Å². The van der Waals surface area contributed by atoms with Crippen LogP contribution in [0.25, 0.3) is 0 Å². The first-order valence-corrected chi connectivity index (χ1v) is 20.9. The number of halogens is 1. The summed E-state index contributed by atoms with van der Waals surface area (Å²) in [6, 6.07) is 5.17. The Bertz CT molecular complexity index is 765. The average molecular weight is 535 g/mol. The second-order valence-corrected chi connectivity index (χ2v) is 30.7. The molecule has 1 fully saturated rings. The molecule has 0 nitrogen and oxygen atoms in total. The van der Waals surface area contributed by atoms with Gasteiger partial charge in [0, 0.05) is 30.0 Å². The molecule has 0 N–H and O–H groups in total. The van der Waals surface area contributed by atoms with Crippen LogP contribution in [0.1, 0.15) is 79.0 Å². The summed E-state index contributed by atoms with van der Waals surface area (Å²) >= 11 is 4.27. The van der Waals surface area contributed by atoms with E-state index in [1.807, 2.05) is 0 Å². The maximum absolute atomic E-state index is 4.27. The van der Waals surface area contributed by atoms with Gasteiger partial charge in [0.2, 0.25) is 4.57 Å². The summed E-state index contributed by atoms with van der Waals surface area (Å²) in [6.07, 6.45) is 0. The Kier molecular flexibility index (Phi) is 8.45. The van der Waals surface area contributed by atoms with Crippen molar-refractivity contribution < 1.29 is 0 Å². The van der Waals surface area contributed by atoms with Gasteiger partial charge in [-0.1, -0.05) is 114 Å². The number of hydrogen-bond donors (Lipinski definition) is 0. The van der Waals surface area contributed by atoms with Gasteiger partial charge in [-0.15, -0.1) is 0 Å². The number of benzene rings is 1. The largest absolute Gasteiger partial charge is 0.219 e. The maximum Gasteiger partial charge on any atom is 0.219 e. The molecule has 172 valence electrons. The first-order chi connectivity index (χ1) is 13.0. The minimum atomic E-state index is -1.41. The molecule has 31 heavy (non-hydrogen) atoms. The van der Waals surface area contributed by atoms with Crippen molar-refractivity contribution in [3.05, 3.63) is 33.4 Å². The Morgan fingerprint density at radius 1 is 0.677 bits per heavy atom. The molecule has 0 aromatic heterocycles. The van der Waals surface area contributed by atoms with Crippen LogP contribution in [-0.4, -0.2) is 39.4 Å². The van der Waals surface area contributed by atoms with Crippen LogP contribution in [0.15, 0.2) is 12.1 Å². The summed E-state index contributed by atoms with van der Waals surface area (Å²) in [5.41, 5.74) is 5.18. The third-order valence-electron chi connectivity index (χ3n) is 6.98. The molecule has 1 aromatic rings. The van der Waals surface area contributed by atoms with E-state index in [1.54, 1.807) is 21.0 Å². The zero-order valence-electron chi connectivity index (χ0n) is 23.5. The molecular weight excluding hydrogens is 486 g/mol. The molecule has 2 radical (unpaired) electrons. The van der Waals surface area contributed by atoms with Crippen LogP contribution in [0.5, 0.6) is 0 Å². The van der Waals surface area contributed by atoms with E-state index in [9.17, 15) is 0 Å². The van der Waals surface area contributed by atoms with E-state index in [-0.39, 0.29) is 35.1 Å². The van der Waals surface area contributed by atoms with Gasteiger partial charge in [0.05, 0.1) is 24.1 Å². The van der Waals surface area contributed by atoms with E-state index in [1.165, 1.54) is 5.56 Å². The summed E-state index contributed by atoms with van der Waals surface area (Å²) < 4.78 is 2.23. The van der Waals surface area contributed by atoms with Crippen LogP contribution in [0, 0.1) is 4.57 Å². The van der Waals surface area contributed by atoms with Gasteiger partial charge in [-0.25, -0.2) is 0 Å². The minimum absolute atomic E-state index is 0. The van der Waals surface area contributed by atoms with Gasteiger partial charge < -0.3 is 0 Å². The molecule has 1 atom stereocenters. The molecule has 0 bridgehead atoms. The van der Waals surface area contributed by atoms with Crippen LogP contribution in [0.4, 0.5) is 0 Å². The number of hydrogen-bond acceptors (Lipinski definition) is 0. The molecule has 1 aliphatic rings. The van der Waals surface area contributed by atoms with Gasteiger partial charge >= 0.3 is 0 Å². The molecule has 0 spiro atoms. The SMILES string of the molecule is CC(C)(C)c1cc(C(C)(C)C)c([PH+]2[C](Br)C2([Si](C)(C)C)[Si](C)(C)C)c(C(C)(C)C)c1.[Li]. The second kappa shape index (κ2) is 8.68. The first-order valence-electron chi connectivity index (χ1n) is 11.6. The minimum Gasteiger partial charge on any atom is -0.0659 e. The van der Waals surface area contributed by atoms with Crippen molar-refractivity contribution in [2.45, 2.75) is 122 Å². The predicted octanol–water partition coefficient (Wildman–Crippen LogP) is 8.43. The molecule has 2 rings (SSSR count). The van der Waals surface area contributed by atoms with E-state index >= 15 is 0 Å². The standard InChI is InChI=1S/C26H48BrPSi2.Li/c1-23(2,3)18-16-19(24(4,5)6)21(20(17-18)25(7,8)9)28-22(27)26(28,29(10,11)12)30(13,14)15;/h16-17,28H,1-15H3;/q+1;. The molecular formula is C26H48BrLiPSi2+. The van der Waals surface area contributed by atoms with Crippen molar-refractivity contribution in [3.63, 3.8) is 0 Å². The fourth-order valence-electron chi connectivity index (χ4n) is 5.61. The molecule has 1 heterocycles. The Hall–Kier alpha value is 1.16. The van der Waals surface area contributed by atoms with Gasteiger partial charge in [0.15, 0.2) is 0 Å². The van der Waals surface area contributed by atoms with Crippen LogP contribution < -0.4 is 5.30 Å². The van der Waals surface area contributed by atoms with E-state index in [4.69, 9.17) is 0 Å². The van der Waals surface area contributed by atoms with Gasteiger partial charge in [-0.3, -0.25) is 0 Å². The van der Waals surface area contributed by atoms with Crippen molar-refractivity contribution in [1.82, 2.24) is 0 Å². The van der Waals surface area contributed by atoms with Crippen molar-refractivity contribution in [3.8, 4) is 0 Å². The first kappa shape index (κ1) is 30.2.